The second-order valence-corrected chi connectivity index (χ2v) is 5.58. The van der Waals surface area contributed by atoms with E-state index in [1.54, 1.807) is 6.07 Å². The molecule has 2 aromatic rings. The fraction of sp³-hybridized carbons (Fsp3) is 0.182. The van der Waals surface area contributed by atoms with E-state index in [2.05, 4.69) is 4.98 Å². The molecule has 4 heteroatoms. The van der Waals surface area contributed by atoms with E-state index >= 15 is 0 Å². The minimum Gasteiger partial charge on any atom is -0.236 e. The first-order chi connectivity index (χ1) is 6.97. The van der Waals surface area contributed by atoms with Gasteiger partial charge in [0.05, 0.1) is 5.52 Å². The number of rotatable bonds is 1. The van der Waals surface area contributed by atoms with Crippen LogP contribution in [-0.2, 0) is 9.84 Å². The summed E-state index contributed by atoms with van der Waals surface area (Å²) in [5.41, 5.74) is 1.85. The summed E-state index contributed by atoms with van der Waals surface area (Å²) in [5.74, 6) is 0. The van der Waals surface area contributed by atoms with Crippen molar-refractivity contribution in [1.82, 2.24) is 4.98 Å². The highest BCUT2D eigenvalue weighted by molar-refractivity contribution is 7.90. The van der Waals surface area contributed by atoms with Gasteiger partial charge in [-0.3, -0.25) is 0 Å². The summed E-state index contributed by atoms with van der Waals surface area (Å²) in [7, 11) is -3.22. The highest BCUT2D eigenvalue weighted by Gasteiger charge is 2.08. The van der Waals surface area contributed by atoms with Crippen LogP contribution in [0.1, 0.15) is 5.56 Å². The third kappa shape index (κ3) is 1.99. The number of sulfone groups is 1. The molecule has 1 aromatic carbocycles. The second-order valence-electron chi connectivity index (χ2n) is 3.62. The van der Waals surface area contributed by atoms with Crippen molar-refractivity contribution in [3.05, 3.63) is 35.9 Å². The molecule has 15 heavy (non-hydrogen) atoms. The molecule has 0 N–H and O–H groups in total. The molecule has 0 atom stereocenters. The fourth-order valence-electron chi connectivity index (χ4n) is 1.43. The van der Waals surface area contributed by atoms with Gasteiger partial charge in [0.1, 0.15) is 0 Å². The van der Waals surface area contributed by atoms with Crippen LogP contribution in [0.15, 0.2) is 35.4 Å². The van der Waals surface area contributed by atoms with Gasteiger partial charge in [-0.1, -0.05) is 11.6 Å². The van der Waals surface area contributed by atoms with Crippen molar-refractivity contribution in [2.75, 3.05) is 6.26 Å². The zero-order valence-electron chi connectivity index (χ0n) is 8.56. The summed E-state index contributed by atoms with van der Waals surface area (Å²) in [5, 5.41) is 1.08. The SMILES string of the molecule is Cc1ccc2nc(S(C)(=O)=O)ccc2c1. The molecule has 1 heterocycles. The Hall–Kier alpha value is -1.42. The number of pyridine rings is 1. The van der Waals surface area contributed by atoms with Gasteiger partial charge in [0, 0.05) is 11.6 Å². The third-order valence-corrected chi connectivity index (χ3v) is 3.19. The molecule has 0 bridgehead atoms. The van der Waals surface area contributed by atoms with Crippen LogP contribution in [0, 0.1) is 6.92 Å². The minimum atomic E-state index is -3.22. The van der Waals surface area contributed by atoms with Gasteiger partial charge in [0.15, 0.2) is 14.9 Å². The smallest absolute Gasteiger partial charge is 0.192 e. The number of aryl methyl sites for hydroxylation is 1. The Morgan fingerprint density at radius 1 is 1.13 bits per heavy atom. The third-order valence-electron chi connectivity index (χ3n) is 2.20. The van der Waals surface area contributed by atoms with Crippen LogP contribution in [0.25, 0.3) is 10.9 Å². The molecule has 0 aliphatic rings. The molecule has 0 aliphatic carbocycles. The van der Waals surface area contributed by atoms with E-state index in [1.165, 1.54) is 6.07 Å². The van der Waals surface area contributed by atoms with E-state index in [-0.39, 0.29) is 5.03 Å². The van der Waals surface area contributed by atoms with Crippen molar-refractivity contribution in [2.24, 2.45) is 0 Å². The van der Waals surface area contributed by atoms with E-state index in [9.17, 15) is 8.42 Å². The summed E-state index contributed by atoms with van der Waals surface area (Å²) < 4.78 is 22.6. The molecule has 2 rings (SSSR count). The predicted octanol–water partition coefficient (Wildman–Crippen LogP) is 1.95. The standard InChI is InChI=1S/C11H11NO2S/c1-8-3-5-10-9(7-8)4-6-11(12-10)15(2,13)14/h3-7H,1-2H3. The van der Waals surface area contributed by atoms with Gasteiger partial charge >= 0.3 is 0 Å². The van der Waals surface area contributed by atoms with Crippen LogP contribution in [0.3, 0.4) is 0 Å². The predicted molar refractivity (Wildman–Crippen MR) is 59.6 cm³/mol. The average Bonchev–Trinajstić information content (AvgIpc) is 2.15. The zero-order valence-corrected chi connectivity index (χ0v) is 9.38. The molecule has 3 nitrogen and oxygen atoms in total. The van der Waals surface area contributed by atoms with Crippen molar-refractivity contribution in [2.45, 2.75) is 11.9 Å². The summed E-state index contributed by atoms with van der Waals surface area (Å²) in [6.07, 6.45) is 1.16. The fourth-order valence-corrected chi connectivity index (χ4v) is 2.01. The number of nitrogens with zero attached hydrogens (tertiary/aromatic N) is 1. The molecule has 0 saturated carbocycles. The van der Waals surface area contributed by atoms with E-state index in [0.717, 1.165) is 17.2 Å². The van der Waals surface area contributed by atoms with Crippen LogP contribution >= 0.6 is 0 Å². The van der Waals surface area contributed by atoms with Gasteiger partial charge in [-0.15, -0.1) is 0 Å². The monoisotopic (exact) mass is 221 g/mol. The van der Waals surface area contributed by atoms with Crippen LogP contribution in [0.5, 0.6) is 0 Å². The first-order valence-electron chi connectivity index (χ1n) is 4.54. The molecule has 0 aliphatic heterocycles. The van der Waals surface area contributed by atoms with Crippen molar-refractivity contribution < 1.29 is 8.42 Å². The van der Waals surface area contributed by atoms with E-state index < -0.39 is 9.84 Å². The summed E-state index contributed by atoms with van der Waals surface area (Å²) >= 11 is 0. The van der Waals surface area contributed by atoms with Gasteiger partial charge in [0.2, 0.25) is 0 Å². The Labute approximate surface area is 88.7 Å². The highest BCUT2D eigenvalue weighted by atomic mass is 32.2. The number of aromatic nitrogens is 1. The van der Waals surface area contributed by atoms with Crippen LogP contribution in [0.2, 0.25) is 0 Å². The van der Waals surface area contributed by atoms with Crippen LogP contribution < -0.4 is 0 Å². The Balaban J connectivity index is 2.73. The summed E-state index contributed by atoms with van der Waals surface area (Å²) in [4.78, 5) is 4.10. The molecule has 0 saturated heterocycles. The average molecular weight is 221 g/mol. The van der Waals surface area contributed by atoms with Gasteiger partial charge in [-0.2, -0.15) is 0 Å². The lowest BCUT2D eigenvalue weighted by Crippen LogP contribution is -2.00. The quantitative estimate of drug-likeness (QED) is 0.739. The number of benzene rings is 1. The number of hydrogen-bond acceptors (Lipinski definition) is 3. The van der Waals surface area contributed by atoms with Crippen molar-refractivity contribution in [3.63, 3.8) is 0 Å². The van der Waals surface area contributed by atoms with Gasteiger partial charge in [-0.25, -0.2) is 13.4 Å². The lowest BCUT2D eigenvalue weighted by Gasteiger charge is -2.01. The Morgan fingerprint density at radius 2 is 1.87 bits per heavy atom. The molecule has 0 amide bonds. The highest BCUT2D eigenvalue weighted by Crippen LogP contribution is 2.16. The molecule has 0 unspecified atom stereocenters. The summed E-state index contributed by atoms with van der Waals surface area (Å²) in [6, 6.07) is 9.05. The summed E-state index contributed by atoms with van der Waals surface area (Å²) in [6.45, 7) is 1.99. The molecular formula is C11H11NO2S. The Morgan fingerprint density at radius 3 is 2.53 bits per heavy atom. The normalized spacial score (nSPS) is 11.9. The lowest BCUT2D eigenvalue weighted by molar-refractivity contribution is 0.599. The number of hydrogen-bond donors (Lipinski definition) is 0. The van der Waals surface area contributed by atoms with Crippen LogP contribution in [-0.4, -0.2) is 19.7 Å². The van der Waals surface area contributed by atoms with Crippen molar-refractivity contribution in [3.8, 4) is 0 Å². The molecular weight excluding hydrogens is 210 g/mol. The Bertz CT molecular complexity index is 618. The molecule has 0 radical (unpaired) electrons. The maximum Gasteiger partial charge on any atom is 0.192 e. The first kappa shape index (κ1) is 10.1. The lowest BCUT2D eigenvalue weighted by atomic mass is 10.1. The Kier molecular flexibility index (Phi) is 2.23. The number of fused-ring (bicyclic) bond motifs is 1. The molecule has 78 valence electrons. The zero-order chi connectivity index (χ0) is 11.1. The molecule has 0 fully saturated rings. The topological polar surface area (TPSA) is 47.0 Å². The van der Waals surface area contributed by atoms with Gasteiger partial charge in [-0.05, 0) is 31.2 Å². The second kappa shape index (κ2) is 3.31. The van der Waals surface area contributed by atoms with Crippen molar-refractivity contribution >= 4 is 20.7 Å². The maximum atomic E-state index is 11.3. The molecule has 1 aromatic heterocycles. The van der Waals surface area contributed by atoms with Crippen molar-refractivity contribution in [1.29, 1.82) is 0 Å². The minimum absolute atomic E-state index is 0.124. The van der Waals surface area contributed by atoms with E-state index in [0.29, 0.717) is 5.52 Å². The van der Waals surface area contributed by atoms with Gasteiger partial charge < -0.3 is 0 Å². The van der Waals surface area contributed by atoms with E-state index in [4.69, 9.17) is 0 Å². The van der Waals surface area contributed by atoms with Crippen LogP contribution in [0.4, 0.5) is 0 Å². The van der Waals surface area contributed by atoms with E-state index in [1.807, 2.05) is 25.1 Å². The molecule has 0 spiro atoms. The first-order valence-corrected chi connectivity index (χ1v) is 6.43. The van der Waals surface area contributed by atoms with Gasteiger partial charge in [0.25, 0.3) is 0 Å². The maximum absolute atomic E-state index is 11.3. The largest absolute Gasteiger partial charge is 0.236 e.